The van der Waals surface area contributed by atoms with E-state index in [2.05, 4.69) is 9.72 Å². The Balaban J connectivity index is 3.09. The quantitative estimate of drug-likeness (QED) is 0.611. The van der Waals surface area contributed by atoms with Crippen molar-refractivity contribution in [1.82, 2.24) is 4.98 Å². The standard InChI is InChI=1S/C6H5F3IN3O/c7-6(8,9)14-2-1-3(10)13-5(12)4(2)11/h1H,11H2,(H2,12,13). The first-order valence-electron chi connectivity index (χ1n) is 3.27. The Morgan fingerprint density at radius 3 is 2.43 bits per heavy atom. The normalized spacial score (nSPS) is 11.4. The average molecular weight is 319 g/mol. The van der Waals surface area contributed by atoms with Crippen molar-refractivity contribution in [2.45, 2.75) is 6.36 Å². The zero-order valence-corrected chi connectivity index (χ0v) is 8.76. The second-order valence-electron chi connectivity index (χ2n) is 2.29. The Hall–Kier alpha value is -0.930. The number of anilines is 2. The second kappa shape index (κ2) is 3.67. The summed E-state index contributed by atoms with van der Waals surface area (Å²) in [5, 5.41) is 0. The molecule has 0 radical (unpaired) electrons. The summed E-state index contributed by atoms with van der Waals surface area (Å²) in [5.41, 5.74) is 10.2. The van der Waals surface area contributed by atoms with Gasteiger partial charge in [0.15, 0.2) is 11.6 Å². The van der Waals surface area contributed by atoms with Crippen LogP contribution in [0.25, 0.3) is 0 Å². The van der Waals surface area contributed by atoms with Crippen LogP contribution in [-0.2, 0) is 0 Å². The highest BCUT2D eigenvalue weighted by Gasteiger charge is 2.32. The molecular formula is C6H5F3IN3O. The number of hydrogen-bond donors (Lipinski definition) is 2. The number of nitrogens with zero attached hydrogens (tertiary/aromatic N) is 1. The van der Waals surface area contributed by atoms with Crippen molar-refractivity contribution >= 4 is 34.1 Å². The Kier molecular flexibility index (Phi) is 2.92. The highest BCUT2D eigenvalue weighted by Crippen LogP contribution is 2.32. The molecule has 0 saturated carbocycles. The fourth-order valence-electron chi connectivity index (χ4n) is 0.729. The molecule has 0 bridgehead atoms. The lowest BCUT2D eigenvalue weighted by molar-refractivity contribution is -0.274. The molecule has 0 saturated heterocycles. The second-order valence-corrected chi connectivity index (χ2v) is 3.40. The molecule has 4 nitrogen and oxygen atoms in total. The summed E-state index contributed by atoms with van der Waals surface area (Å²) in [5.74, 6) is -0.717. The molecule has 78 valence electrons. The Morgan fingerprint density at radius 2 is 1.93 bits per heavy atom. The first-order valence-corrected chi connectivity index (χ1v) is 4.34. The molecule has 0 spiro atoms. The number of alkyl halides is 3. The van der Waals surface area contributed by atoms with Crippen LogP contribution in [0, 0.1) is 3.70 Å². The molecule has 14 heavy (non-hydrogen) atoms. The maximum atomic E-state index is 11.8. The summed E-state index contributed by atoms with van der Waals surface area (Å²) in [6.07, 6.45) is -4.79. The van der Waals surface area contributed by atoms with Gasteiger partial charge in [-0.2, -0.15) is 0 Å². The van der Waals surface area contributed by atoms with Gasteiger partial charge in [-0.05, 0) is 22.6 Å². The molecule has 1 heterocycles. The number of hydrogen-bond acceptors (Lipinski definition) is 4. The Labute approximate surface area is 90.6 Å². The summed E-state index contributed by atoms with van der Waals surface area (Å²) >= 11 is 1.71. The van der Waals surface area contributed by atoms with Gasteiger partial charge >= 0.3 is 6.36 Å². The molecule has 0 amide bonds. The lowest BCUT2D eigenvalue weighted by atomic mass is 10.3. The van der Waals surface area contributed by atoms with Gasteiger partial charge in [0, 0.05) is 6.07 Å². The summed E-state index contributed by atoms with van der Waals surface area (Å²) < 4.78 is 39.4. The Bertz CT molecular complexity index is 355. The molecular weight excluding hydrogens is 314 g/mol. The van der Waals surface area contributed by atoms with Gasteiger partial charge in [-0.15, -0.1) is 13.2 Å². The molecule has 0 aliphatic carbocycles. The summed E-state index contributed by atoms with van der Waals surface area (Å²) in [6, 6.07) is 1.06. The molecule has 4 N–H and O–H groups in total. The summed E-state index contributed by atoms with van der Waals surface area (Å²) in [6.45, 7) is 0. The number of pyridine rings is 1. The SMILES string of the molecule is Nc1nc(I)cc(OC(F)(F)F)c1N. The predicted octanol–water partition coefficient (Wildman–Crippen LogP) is 1.75. The molecule has 0 aliphatic heterocycles. The van der Waals surface area contributed by atoms with Gasteiger partial charge in [-0.25, -0.2) is 4.98 Å². The van der Waals surface area contributed by atoms with Crippen molar-refractivity contribution in [3.63, 3.8) is 0 Å². The maximum absolute atomic E-state index is 11.8. The van der Waals surface area contributed by atoms with Crippen LogP contribution in [0.3, 0.4) is 0 Å². The number of ether oxygens (including phenoxy) is 1. The minimum atomic E-state index is -4.79. The van der Waals surface area contributed by atoms with Crippen LogP contribution >= 0.6 is 22.6 Å². The maximum Gasteiger partial charge on any atom is 0.573 e. The molecule has 1 aromatic heterocycles. The van der Waals surface area contributed by atoms with Gasteiger partial charge in [-0.3, -0.25) is 0 Å². The van der Waals surface area contributed by atoms with Crippen LogP contribution in [-0.4, -0.2) is 11.3 Å². The fourth-order valence-corrected chi connectivity index (χ4v) is 1.27. The lowest BCUT2D eigenvalue weighted by Gasteiger charge is -2.11. The number of nitrogen functional groups attached to an aromatic ring is 2. The highest BCUT2D eigenvalue weighted by molar-refractivity contribution is 14.1. The van der Waals surface area contributed by atoms with Crippen LogP contribution in [0.15, 0.2) is 6.07 Å². The van der Waals surface area contributed by atoms with Crippen molar-refractivity contribution in [1.29, 1.82) is 0 Å². The van der Waals surface area contributed by atoms with E-state index in [1.807, 2.05) is 0 Å². The number of rotatable bonds is 1. The average Bonchev–Trinajstić information content (AvgIpc) is 1.96. The number of aromatic nitrogens is 1. The fraction of sp³-hybridized carbons (Fsp3) is 0.167. The molecule has 0 unspecified atom stereocenters. The van der Waals surface area contributed by atoms with E-state index >= 15 is 0 Å². The molecule has 0 fully saturated rings. The summed E-state index contributed by atoms with van der Waals surface area (Å²) in [7, 11) is 0. The third kappa shape index (κ3) is 2.79. The zero-order chi connectivity index (χ0) is 10.9. The van der Waals surface area contributed by atoms with Gasteiger partial charge < -0.3 is 16.2 Å². The first kappa shape index (κ1) is 11.1. The van der Waals surface area contributed by atoms with E-state index in [-0.39, 0.29) is 15.2 Å². The topological polar surface area (TPSA) is 74.2 Å². The van der Waals surface area contributed by atoms with Crippen LogP contribution in [0.2, 0.25) is 0 Å². The van der Waals surface area contributed by atoms with E-state index in [9.17, 15) is 13.2 Å². The van der Waals surface area contributed by atoms with Crippen LogP contribution in [0.4, 0.5) is 24.7 Å². The van der Waals surface area contributed by atoms with E-state index < -0.39 is 12.1 Å². The summed E-state index contributed by atoms with van der Waals surface area (Å²) in [4.78, 5) is 3.66. The largest absolute Gasteiger partial charge is 0.573 e. The Morgan fingerprint density at radius 1 is 1.36 bits per heavy atom. The minimum absolute atomic E-state index is 0.184. The first-order chi connectivity index (χ1) is 6.29. The van der Waals surface area contributed by atoms with E-state index in [4.69, 9.17) is 11.5 Å². The van der Waals surface area contributed by atoms with Gasteiger partial charge in [0.25, 0.3) is 0 Å². The van der Waals surface area contributed by atoms with Crippen molar-refractivity contribution in [2.75, 3.05) is 11.5 Å². The van der Waals surface area contributed by atoms with Crippen LogP contribution in [0.1, 0.15) is 0 Å². The third-order valence-electron chi connectivity index (χ3n) is 1.24. The smallest absolute Gasteiger partial charge is 0.403 e. The number of nitrogens with two attached hydrogens (primary N) is 2. The van der Waals surface area contributed by atoms with E-state index in [0.717, 1.165) is 6.07 Å². The molecule has 1 rings (SSSR count). The lowest BCUT2D eigenvalue weighted by Crippen LogP contribution is -2.18. The third-order valence-corrected chi connectivity index (χ3v) is 1.80. The van der Waals surface area contributed by atoms with Gasteiger partial charge in [0.1, 0.15) is 9.39 Å². The molecule has 0 atom stereocenters. The van der Waals surface area contributed by atoms with Gasteiger partial charge in [0.05, 0.1) is 0 Å². The van der Waals surface area contributed by atoms with Crippen LogP contribution in [0.5, 0.6) is 5.75 Å². The van der Waals surface area contributed by atoms with Crippen molar-refractivity contribution in [3.05, 3.63) is 9.77 Å². The van der Waals surface area contributed by atoms with E-state index in [0.29, 0.717) is 0 Å². The predicted molar refractivity (Wildman–Crippen MR) is 52.5 cm³/mol. The van der Waals surface area contributed by atoms with Crippen LogP contribution < -0.4 is 16.2 Å². The molecule has 8 heteroatoms. The highest BCUT2D eigenvalue weighted by atomic mass is 127. The number of halogens is 4. The zero-order valence-electron chi connectivity index (χ0n) is 6.60. The van der Waals surface area contributed by atoms with Crippen molar-refractivity contribution in [3.8, 4) is 5.75 Å². The van der Waals surface area contributed by atoms with Gasteiger partial charge in [0.2, 0.25) is 0 Å². The van der Waals surface area contributed by atoms with Crippen molar-refractivity contribution in [2.24, 2.45) is 0 Å². The van der Waals surface area contributed by atoms with Gasteiger partial charge in [-0.1, -0.05) is 0 Å². The molecule has 0 aromatic carbocycles. The van der Waals surface area contributed by atoms with Crippen molar-refractivity contribution < 1.29 is 17.9 Å². The van der Waals surface area contributed by atoms with E-state index in [1.165, 1.54) is 0 Å². The minimum Gasteiger partial charge on any atom is -0.403 e. The molecule has 1 aromatic rings. The molecule has 0 aliphatic rings. The van der Waals surface area contributed by atoms with E-state index in [1.54, 1.807) is 22.6 Å². The monoisotopic (exact) mass is 319 g/mol.